The number of thioether (sulfide) groups is 1. The van der Waals surface area contributed by atoms with Crippen molar-refractivity contribution in [3.05, 3.63) is 52.2 Å². The van der Waals surface area contributed by atoms with Gasteiger partial charge in [0.2, 0.25) is 15.0 Å². The third kappa shape index (κ3) is 4.22. The zero-order valence-corrected chi connectivity index (χ0v) is 15.1. The molecule has 0 unspecified atom stereocenters. The Morgan fingerprint density at radius 1 is 1.20 bits per heavy atom. The number of hydrogen-bond acceptors (Lipinski definition) is 7. The Morgan fingerprint density at radius 2 is 1.96 bits per heavy atom. The van der Waals surface area contributed by atoms with Crippen LogP contribution in [-0.4, -0.2) is 34.4 Å². The van der Waals surface area contributed by atoms with Crippen LogP contribution in [0.3, 0.4) is 0 Å². The SMILES string of the molecule is O=S(=O)(c1ccc(CSc2nnnn2Cc2cccs2)cc1)C(F)F. The van der Waals surface area contributed by atoms with E-state index in [4.69, 9.17) is 0 Å². The molecule has 0 radical (unpaired) electrons. The maximum Gasteiger partial charge on any atom is 0.341 e. The summed E-state index contributed by atoms with van der Waals surface area (Å²) in [4.78, 5) is 0.731. The highest BCUT2D eigenvalue weighted by Gasteiger charge is 2.26. The molecule has 0 atom stereocenters. The number of rotatable bonds is 7. The van der Waals surface area contributed by atoms with Crippen molar-refractivity contribution in [3.8, 4) is 0 Å². The van der Waals surface area contributed by atoms with E-state index in [0.29, 0.717) is 17.5 Å². The fourth-order valence-corrected chi connectivity index (χ4v) is 4.21. The van der Waals surface area contributed by atoms with E-state index in [2.05, 4.69) is 15.5 Å². The molecule has 1 aromatic carbocycles. The highest BCUT2D eigenvalue weighted by atomic mass is 32.2. The summed E-state index contributed by atoms with van der Waals surface area (Å²) in [5, 5.41) is 14.2. The van der Waals surface area contributed by atoms with Crippen LogP contribution in [0.15, 0.2) is 51.8 Å². The average molecular weight is 402 g/mol. The molecule has 2 aromatic heterocycles. The van der Waals surface area contributed by atoms with Crippen LogP contribution in [0.5, 0.6) is 0 Å². The first-order valence-corrected chi connectivity index (χ1v) is 10.4. The summed E-state index contributed by atoms with van der Waals surface area (Å²) in [5.41, 5.74) is 0.781. The summed E-state index contributed by atoms with van der Waals surface area (Å²) in [5.74, 6) is -2.94. The van der Waals surface area contributed by atoms with Gasteiger partial charge in [-0.25, -0.2) is 13.1 Å². The largest absolute Gasteiger partial charge is 0.341 e. The lowest BCUT2D eigenvalue weighted by atomic mass is 10.2. The van der Waals surface area contributed by atoms with Gasteiger partial charge in [0, 0.05) is 10.6 Å². The Kier molecular flexibility index (Phi) is 5.45. The molecule has 3 aromatic rings. The van der Waals surface area contributed by atoms with Gasteiger partial charge in [0.1, 0.15) is 0 Å². The van der Waals surface area contributed by atoms with Crippen molar-refractivity contribution in [1.29, 1.82) is 0 Å². The van der Waals surface area contributed by atoms with Gasteiger partial charge in [0.05, 0.1) is 11.4 Å². The number of aromatic nitrogens is 4. The molecule has 2 heterocycles. The minimum atomic E-state index is -4.56. The van der Waals surface area contributed by atoms with Crippen LogP contribution in [0.4, 0.5) is 8.78 Å². The van der Waals surface area contributed by atoms with E-state index < -0.39 is 20.5 Å². The van der Waals surface area contributed by atoms with Gasteiger partial charge in [-0.1, -0.05) is 30.0 Å². The summed E-state index contributed by atoms with van der Waals surface area (Å²) < 4.78 is 49.5. The molecule has 0 saturated carbocycles. The Morgan fingerprint density at radius 3 is 2.60 bits per heavy atom. The van der Waals surface area contributed by atoms with E-state index in [1.165, 1.54) is 36.0 Å². The summed E-state index contributed by atoms with van der Waals surface area (Å²) in [6.45, 7) is 0.568. The Hall–Kier alpha value is -1.85. The predicted octanol–water partition coefficient (Wildman–Crippen LogP) is 3.07. The molecule has 6 nitrogen and oxygen atoms in total. The van der Waals surface area contributed by atoms with Crippen molar-refractivity contribution in [2.75, 3.05) is 0 Å². The molecule has 3 rings (SSSR count). The van der Waals surface area contributed by atoms with Crippen molar-refractivity contribution >= 4 is 32.9 Å². The van der Waals surface area contributed by atoms with Gasteiger partial charge in [0.25, 0.3) is 0 Å². The Labute approximate surface area is 150 Å². The second-order valence-corrected chi connectivity index (χ2v) is 8.83. The molecule has 0 aliphatic rings. The second-order valence-electron chi connectivity index (χ2n) is 4.94. The maximum absolute atomic E-state index is 12.5. The number of thiophene rings is 1. The molecule has 0 aliphatic carbocycles. The van der Waals surface area contributed by atoms with Gasteiger partial charge in [0.15, 0.2) is 0 Å². The van der Waals surface area contributed by atoms with Crippen LogP contribution >= 0.6 is 23.1 Å². The molecule has 0 bridgehead atoms. The molecule has 0 amide bonds. The van der Waals surface area contributed by atoms with E-state index in [9.17, 15) is 17.2 Å². The molecule has 0 N–H and O–H groups in total. The zero-order chi connectivity index (χ0) is 17.9. The summed E-state index contributed by atoms with van der Waals surface area (Å²) in [7, 11) is -4.56. The number of alkyl halides is 2. The van der Waals surface area contributed by atoms with E-state index in [-0.39, 0.29) is 0 Å². The summed E-state index contributed by atoms with van der Waals surface area (Å²) in [6, 6.07) is 9.33. The van der Waals surface area contributed by atoms with Crippen LogP contribution < -0.4 is 0 Å². The molecule has 132 valence electrons. The smallest absolute Gasteiger partial charge is 0.218 e. The van der Waals surface area contributed by atoms with E-state index in [1.54, 1.807) is 16.0 Å². The second kappa shape index (κ2) is 7.58. The average Bonchev–Trinajstić information content (AvgIpc) is 3.25. The lowest BCUT2D eigenvalue weighted by molar-refractivity contribution is 0.234. The first-order chi connectivity index (χ1) is 12.0. The number of halogens is 2. The Bertz CT molecular complexity index is 925. The molecule has 11 heteroatoms. The zero-order valence-electron chi connectivity index (χ0n) is 12.6. The van der Waals surface area contributed by atoms with Crippen LogP contribution in [0.1, 0.15) is 10.4 Å². The predicted molar refractivity (Wildman–Crippen MR) is 90.4 cm³/mol. The number of tetrazole rings is 1. The molecule has 0 aliphatic heterocycles. The van der Waals surface area contributed by atoms with Crippen molar-refractivity contribution in [1.82, 2.24) is 20.2 Å². The van der Waals surface area contributed by atoms with Gasteiger partial charge in [-0.15, -0.1) is 16.4 Å². The summed E-state index contributed by atoms with van der Waals surface area (Å²) >= 11 is 2.99. The number of hydrogen-bond donors (Lipinski definition) is 0. The number of nitrogens with zero attached hydrogens (tertiary/aromatic N) is 4. The first-order valence-electron chi connectivity index (χ1n) is 6.99. The standard InChI is InChI=1S/C14H12F2N4O2S3/c15-13(16)25(21,22)12-5-3-10(4-6-12)9-24-14-17-18-19-20(14)8-11-2-1-7-23-11/h1-7,13H,8-9H2. The minimum absolute atomic E-state index is 0.390. The van der Waals surface area contributed by atoms with Crippen molar-refractivity contribution in [2.24, 2.45) is 0 Å². The van der Waals surface area contributed by atoms with Gasteiger partial charge in [-0.3, -0.25) is 0 Å². The van der Waals surface area contributed by atoms with Gasteiger partial charge in [-0.05, 0) is 39.6 Å². The minimum Gasteiger partial charge on any atom is -0.218 e. The number of benzene rings is 1. The highest BCUT2D eigenvalue weighted by molar-refractivity contribution is 7.98. The maximum atomic E-state index is 12.5. The van der Waals surface area contributed by atoms with Crippen LogP contribution in [0, 0.1) is 0 Å². The van der Waals surface area contributed by atoms with E-state index >= 15 is 0 Å². The van der Waals surface area contributed by atoms with Gasteiger partial charge >= 0.3 is 5.76 Å². The molecule has 0 saturated heterocycles. The third-order valence-corrected chi connectivity index (χ3v) is 6.53. The lowest BCUT2D eigenvalue weighted by Crippen LogP contribution is -2.11. The lowest BCUT2D eigenvalue weighted by Gasteiger charge is -2.05. The van der Waals surface area contributed by atoms with Crippen molar-refractivity contribution in [2.45, 2.75) is 28.1 Å². The topological polar surface area (TPSA) is 77.7 Å². The van der Waals surface area contributed by atoms with Crippen molar-refractivity contribution < 1.29 is 17.2 Å². The molecule has 25 heavy (non-hydrogen) atoms. The first kappa shape index (κ1) is 18.0. The number of sulfone groups is 1. The molecule has 0 spiro atoms. The van der Waals surface area contributed by atoms with Crippen LogP contribution in [0.2, 0.25) is 0 Å². The van der Waals surface area contributed by atoms with Gasteiger partial charge < -0.3 is 0 Å². The fraction of sp³-hybridized carbons (Fsp3) is 0.214. The monoisotopic (exact) mass is 402 g/mol. The van der Waals surface area contributed by atoms with E-state index in [0.717, 1.165) is 10.4 Å². The fourth-order valence-electron chi connectivity index (χ4n) is 1.98. The Balaban J connectivity index is 1.66. The van der Waals surface area contributed by atoms with Crippen LogP contribution in [-0.2, 0) is 22.1 Å². The normalized spacial score (nSPS) is 12.0. The van der Waals surface area contributed by atoms with Gasteiger partial charge in [-0.2, -0.15) is 8.78 Å². The highest BCUT2D eigenvalue weighted by Crippen LogP contribution is 2.24. The van der Waals surface area contributed by atoms with Crippen LogP contribution in [0.25, 0.3) is 0 Å². The molecular weight excluding hydrogens is 390 g/mol. The quantitative estimate of drug-likeness (QED) is 0.565. The summed E-state index contributed by atoms with van der Waals surface area (Å²) in [6.07, 6.45) is 0. The van der Waals surface area contributed by atoms with E-state index in [1.807, 2.05) is 17.5 Å². The van der Waals surface area contributed by atoms with Crippen molar-refractivity contribution in [3.63, 3.8) is 0 Å². The molecule has 0 fully saturated rings. The third-order valence-electron chi connectivity index (χ3n) is 3.24. The molecular formula is C14H12F2N4O2S3.